The molecule has 0 radical (unpaired) electrons. The van der Waals surface area contributed by atoms with Crippen LogP contribution in [0.4, 0.5) is 0 Å². The van der Waals surface area contributed by atoms with E-state index in [4.69, 9.17) is 0 Å². The van der Waals surface area contributed by atoms with Crippen LogP contribution >= 0.6 is 0 Å². The molecular formula is C17H36N2O5S2. The summed E-state index contributed by atoms with van der Waals surface area (Å²) < 4.78 is 50.7. The molecule has 1 amide bonds. The zero-order valence-electron chi connectivity index (χ0n) is 17.4. The SMILES string of the molecule is CC(CCC(C)S(=O)(=O)C(C)CCN(C)S(=O)(=O)C(C)C)C(=O)N(C)C. The lowest BCUT2D eigenvalue weighted by Gasteiger charge is -2.24. The Labute approximate surface area is 160 Å². The van der Waals surface area contributed by atoms with Gasteiger partial charge in [-0.25, -0.2) is 21.1 Å². The number of nitrogens with zero attached hydrogens (tertiary/aromatic N) is 2. The molecule has 0 aromatic carbocycles. The Morgan fingerprint density at radius 1 is 0.808 bits per heavy atom. The van der Waals surface area contributed by atoms with Crippen LogP contribution in [0.3, 0.4) is 0 Å². The van der Waals surface area contributed by atoms with Gasteiger partial charge in [0, 0.05) is 33.6 Å². The van der Waals surface area contributed by atoms with Crippen molar-refractivity contribution in [3.8, 4) is 0 Å². The number of sulfone groups is 1. The number of carbonyl (C=O) groups is 1. The predicted octanol–water partition coefficient (Wildman–Crippen LogP) is 1.74. The fourth-order valence-electron chi connectivity index (χ4n) is 2.62. The van der Waals surface area contributed by atoms with Crippen molar-refractivity contribution >= 4 is 25.8 Å². The van der Waals surface area contributed by atoms with Crippen LogP contribution in [0.15, 0.2) is 0 Å². The summed E-state index contributed by atoms with van der Waals surface area (Å²) in [4.78, 5) is 13.4. The van der Waals surface area contributed by atoms with E-state index in [1.54, 1.807) is 48.7 Å². The average molecular weight is 413 g/mol. The summed E-state index contributed by atoms with van der Waals surface area (Å²) in [5.74, 6) is -0.233. The molecule has 0 N–H and O–H groups in total. The number of carbonyl (C=O) groups excluding carboxylic acids is 1. The van der Waals surface area contributed by atoms with Crippen molar-refractivity contribution in [2.45, 2.75) is 69.6 Å². The minimum absolute atomic E-state index is 0.0110. The molecule has 0 saturated heterocycles. The molecule has 0 aromatic rings. The van der Waals surface area contributed by atoms with Gasteiger partial charge in [0.25, 0.3) is 0 Å². The summed E-state index contributed by atoms with van der Waals surface area (Å²) in [5, 5.41) is -1.74. The van der Waals surface area contributed by atoms with Crippen LogP contribution in [0.5, 0.6) is 0 Å². The summed E-state index contributed by atoms with van der Waals surface area (Å²) >= 11 is 0. The molecule has 0 rings (SSSR count). The second-order valence-electron chi connectivity index (χ2n) is 7.63. The molecule has 0 heterocycles. The van der Waals surface area contributed by atoms with Gasteiger partial charge in [0.05, 0.1) is 15.7 Å². The van der Waals surface area contributed by atoms with Gasteiger partial charge < -0.3 is 4.90 Å². The molecule has 7 nitrogen and oxygen atoms in total. The standard InChI is InChI=1S/C17H36N2O5S2/c1-13(2)26(23,24)19(8)12-11-16(5)25(21,22)15(4)10-9-14(3)17(20)18(6)7/h13-16H,9-12H2,1-8H3. The van der Waals surface area contributed by atoms with Gasteiger partial charge in [-0.3, -0.25) is 4.79 Å². The van der Waals surface area contributed by atoms with Crippen LogP contribution in [0.25, 0.3) is 0 Å². The third-order valence-electron chi connectivity index (χ3n) is 4.87. The Kier molecular flexibility index (Phi) is 9.77. The van der Waals surface area contributed by atoms with E-state index in [2.05, 4.69) is 0 Å². The summed E-state index contributed by atoms with van der Waals surface area (Å²) in [6.07, 6.45) is 1.17. The second-order valence-corrected chi connectivity index (χ2v) is 13.0. The minimum atomic E-state index is -3.39. The smallest absolute Gasteiger partial charge is 0.224 e. The lowest BCUT2D eigenvalue weighted by Crippen LogP contribution is -2.37. The highest BCUT2D eigenvalue weighted by molar-refractivity contribution is 7.92. The highest BCUT2D eigenvalue weighted by Gasteiger charge is 2.30. The van der Waals surface area contributed by atoms with Crippen LogP contribution in [0, 0.1) is 5.92 Å². The van der Waals surface area contributed by atoms with Crippen LogP contribution in [-0.2, 0) is 24.7 Å². The fourth-order valence-corrected chi connectivity index (χ4v) is 5.40. The Morgan fingerprint density at radius 3 is 1.69 bits per heavy atom. The molecular weight excluding hydrogens is 376 g/mol. The quantitative estimate of drug-likeness (QED) is 0.515. The second kappa shape index (κ2) is 10.0. The molecule has 3 atom stereocenters. The normalized spacial score (nSPS) is 16.5. The predicted molar refractivity (Wildman–Crippen MR) is 106 cm³/mol. The lowest BCUT2D eigenvalue weighted by atomic mass is 10.0. The molecule has 0 bridgehead atoms. The molecule has 26 heavy (non-hydrogen) atoms. The summed E-state index contributed by atoms with van der Waals surface area (Å²) in [7, 11) is -1.92. The van der Waals surface area contributed by atoms with Crippen molar-refractivity contribution in [3.63, 3.8) is 0 Å². The molecule has 9 heteroatoms. The fraction of sp³-hybridized carbons (Fsp3) is 0.941. The van der Waals surface area contributed by atoms with E-state index in [-0.39, 0.29) is 24.8 Å². The Morgan fingerprint density at radius 2 is 1.27 bits per heavy atom. The zero-order valence-corrected chi connectivity index (χ0v) is 19.0. The molecule has 3 unspecified atom stereocenters. The van der Waals surface area contributed by atoms with Gasteiger partial charge in [0.1, 0.15) is 0 Å². The van der Waals surface area contributed by atoms with Crippen molar-refractivity contribution < 1.29 is 21.6 Å². The number of sulfonamides is 1. The number of hydrogen-bond donors (Lipinski definition) is 0. The first-order chi connectivity index (χ1) is 11.7. The summed E-state index contributed by atoms with van der Waals surface area (Å²) in [5.41, 5.74) is 0. The maximum atomic E-state index is 12.7. The molecule has 0 aromatic heterocycles. The summed E-state index contributed by atoms with van der Waals surface area (Å²) in [6.45, 7) is 8.46. The van der Waals surface area contributed by atoms with Crippen molar-refractivity contribution in [3.05, 3.63) is 0 Å². The van der Waals surface area contributed by atoms with Crippen molar-refractivity contribution in [2.75, 3.05) is 27.7 Å². The van der Waals surface area contributed by atoms with E-state index in [9.17, 15) is 21.6 Å². The third kappa shape index (κ3) is 6.81. The zero-order chi connectivity index (χ0) is 20.9. The van der Waals surface area contributed by atoms with Gasteiger partial charge in [-0.2, -0.15) is 0 Å². The van der Waals surface area contributed by atoms with Crippen molar-refractivity contribution in [2.24, 2.45) is 5.92 Å². The first-order valence-corrected chi connectivity index (χ1v) is 12.2. The highest BCUT2D eigenvalue weighted by atomic mass is 32.2. The van der Waals surface area contributed by atoms with Crippen LogP contribution in [-0.4, -0.2) is 75.4 Å². The van der Waals surface area contributed by atoms with Crippen LogP contribution in [0.1, 0.15) is 53.9 Å². The van der Waals surface area contributed by atoms with E-state index in [1.807, 2.05) is 0 Å². The van der Waals surface area contributed by atoms with Gasteiger partial charge in [-0.05, 0) is 47.0 Å². The molecule has 0 aliphatic heterocycles. The Bertz CT molecular complexity index is 657. The van der Waals surface area contributed by atoms with E-state index >= 15 is 0 Å². The first-order valence-electron chi connectivity index (χ1n) is 9.04. The van der Waals surface area contributed by atoms with E-state index in [0.29, 0.717) is 12.8 Å². The van der Waals surface area contributed by atoms with Gasteiger partial charge in [0.15, 0.2) is 9.84 Å². The molecule has 156 valence electrons. The molecule has 0 saturated carbocycles. The Hall–Kier alpha value is -0.670. The molecule has 0 fully saturated rings. The topological polar surface area (TPSA) is 91.8 Å². The monoisotopic (exact) mass is 412 g/mol. The number of amides is 1. The summed E-state index contributed by atoms with van der Waals surface area (Å²) in [6, 6.07) is 0. The Balaban J connectivity index is 4.77. The first kappa shape index (κ1) is 25.3. The van der Waals surface area contributed by atoms with Crippen molar-refractivity contribution in [1.29, 1.82) is 0 Å². The lowest BCUT2D eigenvalue weighted by molar-refractivity contribution is -0.132. The van der Waals surface area contributed by atoms with Gasteiger partial charge in [-0.1, -0.05) is 6.92 Å². The molecule has 0 aliphatic rings. The van der Waals surface area contributed by atoms with Gasteiger partial charge in [0.2, 0.25) is 15.9 Å². The number of rotatable bonds is 11. The minimum Gasteiger partial charge on any atom is -0.349 e. The van der Waals surface area contributed by atoms with E-state index < -0.39 is 35.6 Å². The van der Waals surface area contributed by atoms with Gasteiger partial charge in [-0.15, -0.1) is 0 Å². The van der Waals surface area contributed by atoms with Crippen LogP contribution in [0.2, 0.25) is 0 Å². The van der Waals surface area contributed by atoms with Crippen LogP contribution < -0.4 is 0 Å². The van der Waals surface area contributed by atoms with E-state index in [1.165, 1.54) is 16.3 Å². The number of hydrogen-bond acceptors (Lipinski definition) is 5. The third-order valence-corrected chi connectivity index (χ3v) is 9.83. The van der Waals surface area contributed by atoms with E-state index in [0.717, 1.165) is 0 Å². The van der Waals surface area contributed by atoms with Crippen molar-refractivity contribution in [1.82, 2.24) is 9.21 Å². The average Bonchev–Trinajstić information content (AvgIpc) is 2.55. The maximum absolute atomic E-state index is 12.7. The highest BCUT2D eigenvalue weighted by Crippen LogP contribution is 2.20. The molecule has 0 spiro atoms. The van der Waals surface area contributed by atoms with Gasteiger partial charge >= 0.3 is 0 Å². The maximum Gasteiger partial charge on any atom is 0.224 e. The largest absolute Gasteiger partial charge is 0.349 e. The molecule has 0 aliphatic carbocycles.